The fourth-order valence-electron chi connectivity index (χ4n) is 2.52. The van der Waals surface area contributed by atoms with Gasteiger partial charge in [-0.2, -0.15) is 0 Å². The second kappa shape index (κ2) is 4.59. The van der Waals surface area contributed by atoms with Crippen LogP contribution in [0.15, 0.2) is 24.5 Å². The van der Waals surface area contributed by atoms with Gasteiger partial charge in [0.25, 0.3) is 0 Å². The van der Waals surface area contributed by atoms with Gasteiger partial charge in [0.1, 0.15) is 15.5 Å². The molecule has 1 aliphatic rings. The number of hydrogen-bond donors (Lipinski definition) is 1. The van der Waals surface area contributed by atoms with Gasteiger partial charge in [-0.1, -0.05) is 0 Å². The molecule has 0 aliphatic carbocycles. The minimum absolute atomic E-state index is 0.131. The molecule has 7 heteroatoms. The number of imidazole rings is 1. The summed E-state index contributed by atoms with van der Waals surface area (Å²) in [7, 11) is -2.88. The number of aromatic nitrogens is 2. The number of sulfone groups is 1. The maximum absolute atomic E-state index is 11.4. The smallest absolute Gasteiger partial charge is 0.335 e. The minimum atomic E-state index is -2.88. The van der Waals surface area contributed by atoms with E-state index >= 15 is 0 Å². The van der Waals surface area contributed by atoms with E-state index in [1.54, 1.807) is 10.6 Å². The normalized spacial score (nSPS) is 19.2. The second-order valence-corrected chi connectivity index (χ2v) is 7.38. The molecule has 106 valence electrons. The number of nitrogens with zero attached hydrogens (tertiary/aromatic N) is 2. The summed E-state index contributed by atoms with van der Waals surface area (Å²) in [6.07, 6.45) is 4.68. The van der Waals surface area contributed by atoms with Gasteiger partial charge in [0.2, 0.25) is 0 Å². The Labute approximate surface area is 116 Å². The number of rotatable bonds is 2. The fraction of sp³-hybridized carbons (Fsp3) is 0.385. The van der Waals surface area contributed by atoms with Gasteiger partial charge in [0.15, 0.2) is 0 Å². The number of carboxylic acids is 1. The molecule has 1 saturated heterocycles. The van der Waals surface area contributed by atoms with E-state index < -0.39 is 15.8 Å². The van der Waals surface area contributed by atoms with E-state index in [0.29, 0.717) is 18.5 Å². The molecule has 2 aromatic heterocycles. The highest BCUT2D eigenvalue weighted by molar-refractivity contribution is 7.91. The lowest BCUT2D eigenvalue weighted by Gasteiger charge is -2.19. The molecule has 0 bridgehead atoms. The van der Waals surface area contributed by atoms with Crippen molar-refractivity contribution in [2.24, 2.45) is 0 Å². The molecule has 0 radical (unpaired) electrons. The summed E-state index contributed by atoms with van der Waals surface area (Å²) < 4.78 is 24.6. The Hall–Kier alpha value is -1.89. The number of carboxylic acid groups (broad SMARTS) is 1. The van der Waals surface area contributed by atoms with E-state index in [0.717, 1.165) is 5.69 Å². The molecule has 1 N–H and O–H groups in total. The zero-order valence-corrected chi connectivity index (χ0v) is 11.5. The monoisotopic (exact) mass is 294 g/mol. The first-order valence-electron chi connectivity index (χ1n) is 6.37. The summed E-state index contributed by atoms with van der Waals surface area (Å²) in [6, 6.07) is 3.04. The van der Waals surface area contributed by atoms with Crippen molar-refractivity contribution < 1.29 is 18.3 Å². The van der Waals surface area contributed by atoms with Crippen molar-refractivity contribution in [2.45, 2.75) is 18.8 Å². The van der Waals surface area contributed by atoms with Crippen LogP contribution in [0.3, 0.4) is 0 Å². The van der Waals surface area contributed by atoms with Crippen molar-refractivity contribution in [3.63, 3.8) is 0 Å². The Morgan fingerprint density at radius 3 is 2.70 bits per heavy atom. The maximum Gasteiger partial charge on any atom is 0.335 e. The molecular formula is C13H14N2O4S. The van der Waals surface area contributed by atoms with Crippen LogP contribution in [0.2, 0.25) is 0 Å². The Balaban J connectivity index is 1.91. The van der Waals surface area contributed by atoms with Crippen LogP contribution in [0.5, 0.6) is 0 Å². The van der Waals surface area contributed by atoms with Crippen molar-refractivity contribution in [3.8, 4) is 0 Å². The molecular weight excluding hydrogens is 280 g/mol. The maximum atomic E-state index is 11.4. The molecule has 20 heavy (non-hydrogen) atoms. The summed E-state index contributed by atoms with van der Waals surface area (Å²) >= 11 is 0. The van der Waals surface area contributed by atoms with Gasteiger partial charge < -0.3 is 9.51 Å². The Kier molecular flexibility index (Phi) is 3.01. The molecule has 0 saturated carbocycles. The Morgan fingerprint density at radius 2 is 2.05 bits per heavy atom. The van der Waals surface area contributed by atoms with E-state index in [-0.39, 0.29) is 23.0 Å². The van der Waals surface area contributed by atoms with Crippen LogP contribution in [0, 0.1) is 0 Å². The first-order chi connectivity index (χ1) is 9.44. The van der Waals surface area contributed by atoms with E-state index in [9.17, 15) is 13.2 Å². The van der Waals surface area contributed by atoms with Crippen LogP contribution in [0.4, 0.5) is 0 Å². The van der Waals surface area contributed by atoms with Gasteiger partial charge >= 0.3 is 5.97 Å². The lowest BCUT2D eigenvalue weighted by molar-refractivity contribution is 0.0697. The summed E-state index contributed by atoms with van der Waals surface area (Å²) in [6.45, 7) is 0. The van der Waals surface area contributed by atoms with Gasteiger partial charge in [0.05, 0.1) is 22.8 Å². The lowest BCUT2D eigenvalue weighted by atomic mass is 10.00. The summed E-state index contributed by atoms with van der Waals surface area (Å²) in [5.74, 6) is -0.454. The largest absolute Gasteiger partial charge is 0.478 e. The third-order valence-electron chi connectivity index (χ3n) is 3.70. The predicted molar refractivity (Wildman–Crippen MR) is 72.8 cm³/mol. The van der Waals surface area contributed by atoms with Gasteiger partial charge in [-0.05, 0) is 25.0 Å². The average molecular weight is 294 g/mol. The number of fused-ring (bicyclic) bond motifs is 1. The SMILES string of the molecule is O=C(O)c1ccn2cc(C3CCS(=O)(=O)CC3)nc2c1. The van der Waals surface area contributed by atoms with E-state index in [1.807, 2.05) is 6.20 Å². The molecule has 0 spiro atoms. The Morgan fingerprint density at radius 1 is 1.35 bits per heavy atom. The van der Waals surface area contributed by atoms with Crippen LogP contribution >= 0.6 is 0 Å². The fourth-order valence-corrected chi connectivity index (χ4v) is 4.01. The molecule has 3 heterocycles. The topological polar surface area (TPSA) is 88.7 Å². The summed E-state index contributed by atoms with van der Waals surface area (Å²) in [5.41, 5.74) is 1.61. The molecule has 1 fully saturated rings. The predicted octanol–water partition coefficient (Wildman–Crippen LogP) is 1.32. The molecule has 0 atom stereocenters. The standard InChI is InChI=1S/C13H14N2O4S/c16-13(17)10-1-4-15-8-11(14-12(15)7-10)9-2-5-20(18,19)6-3-9/h1,4,7-9H,2-3,5-6H2,(H,16,17). The van der Waals surface area contributed by atoms with E-state index in [2.05, 4.69) is 4.98 Å². The molecule has 1 aliphatic heterocycles. The Bertz CT molecular complexity index is 765. The molecule has 0 unspecified atom stereocenters. The quantitative estimate of drug-likeness (QED) is 0.902. The van der Waals surface area contributed by atoms with Gasteiger partial charge in [-0.3, -0.25) is 0 Å². The van der Waals surface area contributed by atoms with Crippen LogP contribution in [-0.4, -0.2) is 40.4 Å². The van der Waals surface area contributed by atoms with Crippen LogP contribution in [0.1, 0.15) is 34.8 Å². The molecule has 0 amide bonds. The lowest BCUT2D eigenvalue weighted by Crippen LogP contribution is -2.22. The first-order valence-corrected chi connectivity index (χ1v) is 8.19. The van der Waals surface area contributed by atoms with Crippen molar-refractivity contribution in [1.29, 1.82) is 0 Å². The van der Waals surface area contributed by atoms with Crippen molar-refractivity contribution in [3.05, 3.63) is 35.8 Å². The number of hydrogen-bond acceptors (Lipinski definition) is 4. The van der Waals surface area contributed by atoms with Crippen molar-refractivity contribution in [1.82, 2.24) is 9.38 Å². The summed E-state index contributed by atoms with van der Waals surface area (Å²) in [5, 5.41) is 8.95. The molecule has 2 aromatic rings. The molecule has 0 aromatic carbocycles. The zero-order chi connectivity index (χ0) is 14.3. The second-order valence-electron chi connectivity index (χ2n) is 5.08. The highest BCUT2D eigenvalue weighted by Gasteiger charge is 2.26. The number of carbonyl (C=O) groups is 1. The zero-order valence-electron chi connectivity index (χ0n) is 10.7. The van der Waals surface area contributed by atoms with Crippen LogP contribution in [-0.2, 0) is 9.84 Å². The molecule has 3 rings (SSSR count). The number of pyridine rings is 1. The first kappa shape index (κ1) is 13.1. The van der Waals surface area contributed by atoms with Crippen LogP contribution < -0.4 is 0 Å². The van der Waals surface area contributed by atoms with Gasteiger partial charge in [0, 0.05) is 18.3 Å². The minimum Gasteiger partial charge on any atom is -0.478 e. The van der Waals surface area contributed by atoms with Crippen molar-refractivity contribution in [2.75, 3.05) is 11.5 Å². The average Bonchev–Trinajstić information content (AvgIpc) is 2.81. The molecule has 6 nitrogen and oxygen atoms in total. The third kappa shape index (κ3) is 2.40. The van der Waals surface area contributed by atoms with Gasteiger partial charge in [-0.25, -0.2) is 18.2 Å². The highest BCUT2D eigenvalue weighted by Crippen LogP contribution is 2.28. The third-order valence-corrected chi connectivity index (χ3v) is 5.41. The van der Waals surface area contributed by atoms with Crippen molar-refractivity contribution >= 4 is 21.5 Å². The van der Waals surface area contributed by atoms with Crippen LogP contribution in [0.25, 0.3) is 5.65 Å². The van der Waals surface area contributed by atoms with E-state index in [1.165, 1.54) is 12.1 Å². The summed E-state index contributed by atoms with van der Waals surface area (Å²) in [4.78, 5) is 15.4. The van der Waals surface area contributed by atoms with E-state index in [4.69, 9.17) is 5.11 Å². The van der Waals surface area contributed by atoms with Gasteiger partial charge in [-0.15, -0.1) is 0 Å². The number of aromatic carboxylic acids is 1. The highest BCUT2D eigenvalue weighted by atomic mass is 32.2.